The number of nitrogens with one attached hydrogen (secondary N) is 1. The normalized spacial score (nSPS) is 21.0. The molecule has 1 unspecified atom stereocenters. The van der Waals surface area contributed by atoms with E-state index >= 15 is 0 Å². The predicted octanol–water partition coefficient (Wildman–Crippen LogP) is 2.12. The largest absolute Gasteiger partial charge is 0.378 e. The Bertz CT molecular complexity index is 189. The van der Waals surface area contributed by atoms with Crippen molar-refractivity contribution < 1.29 is 4.74 Å². The van der Waals surface area contributed by atoms with Crippen molar-refractivity contribution in [1.82, 2.24) is 10.2 Å². The predicted molar refractivity (Wildman–Crippen MR) is 73.4 cm³/mol. The van der Waals surface area contributed by atoms with Gasteiger partial charge in [0.15, 0.2) is 0 Å². The fraction of sp³-hybridized carbons (Fsp3) is 1.00. The summed E-state index contributed by atoms with van der Waals surface area (Å²) in [6.45, 7) is 14.4. The van der Waals surface area contributed by atoms with Gasteiger partial charge in [-0.3, -0.25) is 4.90 Å². The summed E-state index contributed by atoms with van der Waals surface area (Å²) in [4.78, 5) is 2.59. The average molecular weight is 242 g/mol. The first-order chi connectivity index (χ1) is 8.13. The summed E-state index contributed by atoms with van der Waals surface area (Å²) in [5, 5.41) is 3.55. The summed E-state index contributed by atoms with van der Waals surface area (Å²) in [6.07, 6.45) is 2.90. The van der Waals surface area contributed by atoms with Crippen LogP contribution in [-0.2, 0) is 4.74 Å². The summed E-state index contributed by atoms with van der Waals surface area (Å²) < 4.78 is 5.68. The van der Waals surface area contributed by atoms with E-state index in [-0.39, 0.29) is 0 Å². The van der Waals surface area contributed by atoms with Gasteiger partial charge >= 0.3 is 0 Å². The van der Waals surface area contributed by atoms with Gasteiger partial charge in [-0.2, -0.15) is 0 Å². The molecular formula is C14H30N2O. The van der Waals surface area contributed by atoms with Crippen molar-refractivity contribution in [2.75, 3.05) is 32.8 Å². The van der Waals surface area contributed by atoms with Crippen LogP contribution in [0.5, 0.6) is 0 Å². The fourth-order valence-electron chi connectivity index (χ4n) is 2.43. The van der Waals surface area contributed by atoms with Crippen LogP contribution in [0.25, 0.3) is 0 Å². The first-order valence-corrected chi connectivity index (χ1v) is 7.19. The lowest BCUT2D eigenvalue weighted by atomic mass is 10.1. The quantitative estimate of drug-likeness (QED) is 0.740. The molecular weight excluding hydrogens is 212 g/mol. The number of nitrogens with zero attached hydrogens (tertiary/aromatic N) is 1. The second kappa shape index (κ2) is 8.06. The molecule has 1 aliphatic rings. The Morgan fingerprint density at radius 1 is 1.18 bits per heavy atom. The van der Waals surface area contributed by atoms with Gasteiger partial charge in [-0.15, -0.1) is 0 Å². The van der Waals surface area contributed by atoms with Crippen LogP contribution in [0.2, 0.25) is 0 Å². The van der Waals surface area contributed by atoms with Gasteiger partial charge in [-0.25, -0.2) is 0 Å². The van der Waals surface area contributed by atoms with Gasteiger partial charge in [-0.1, -0.05) is 13.8 Å². The molecule has 0 aromatic heterocycles. The van der Waals surface area contributed by atoms with E-state index in [9.17, 15) is 0 Å². The third kappa shape index (κ3) is 5.84. The van der Waals surface area contributed by atoms with E-state index in [4.69, 9.17) is 4.74 Å². The summed E-state index contributed by atoms with van der Waals surface area (Å²) in [5.74, 6) is 0.742. The number of ether oxygens (including phenoxy) is 1. The highest BCUT2D eigenvalue weighted by Gasteiger charge is 2.22. The molecule has 1 rings (SSSR count). The molecule has 0 bridgehead atoms. The molecule has 1 atom stereocenters. The van der Waals surface area contributed by atoms with Crippen LogP contribution in [0.15, 0.2) is 0 Å². The fourth-order valence-corrected chi connectivity index (χ4v) is 2.43. The van der Waals surface area contributed by atoms with Crippen LogP contribution in [0.3, 0.4) is 0 Å². The Kier molecular flexibility index (Phi) is 7.09. The van der Waals surface area contributed by atoms with Crippen LogP contribution in [0.4, 0.5) is 0 Å². The van der Waals surface area contributed by atoms with Gasteiger partial charge in [0.05, 0.1) is 6.10 Å². The molecule has 0 amide bonds. The molecule has 3 heteroatoms. The third-order valence-corrected chi connectivity index (χ3v) is 3.49. The highest BCUT2D eigenvalue weighted by molar-refractivity contribution is 4.77. The highest BCUT2D eigenvalue weighted by atomic mass is 16.5. The molecule has 1 heterocycles. The zero-order valence-corrected chi connectivity index (χ0v) is 12.0. The van der Waals surface area contributed by atoms with Gasteiger partial charge in [0, 0.05) is 32.3 Å². The van der Waals surface area contributed by atoms with E-state index in [0.717, 1.165) is 25.6 Å². The maximum Gasteiger partial charge on any atom is 0.0599 e. The second-order valence-corrected chi connectivity index (χ2v) is 5.59. The lowest BCUT2D eigenvalue weighted by Crippen LogP contribution is -2.46. The SMILES string of the molecule is CCOC1CCN(C(C)CNCC(C)C)CC1. The van der Waals surface area contributed by atoms with E-state index in [2.05, 4.69) is 37.9 Å². The molecule has 0 aromatic rings. The minimum absolute atomic E-state index is 0.507. The minimum Gasteiger partial charge on any atom is -0.378 e. The van der Waals surface area contributed by atoms with Crippen molar-refractivity contribution in [3.63, 3.8) is 0 Å². The highest BCUT2D eigenvalue weighted by Crippen LogP contribution is 2.15. The van der Waals surface area contributed by atoms with Gasteiger partial charge in [0.25, 0.3) is 0 Å². The van der Waals surface area contributed by atoms with Crippen LogP contribution < -0.4 is 5.32 Å². The van der Waals surface area contributed by atoms with E-state index in [1.54, 1.807) is 0 Å². The lowest BCUT2D eigenvalue weighted by molar-refractivity contribution is 0.00589. The number of likely N-dealkylation sites (tertiary alicyclic amines) is 1. The molecule has 102 valence electrons. The first kappa shape index (κ1) is 14.9. The van der Waals surface area contributed by atoms with E-state index in [0.29, 0.717) is 12.1 Å². The van der Waals surface area contributed by atoms with Gasteiger partial charge < -0.3 is 10.1 Å². The van der Waals surface area contributed by atoms with E-state index in [1.165, 1.54) is 25.9 Å². The first-order valence-electron chi connectivity index (χ1n) is 7.19. The zero-order valence-electron chi connectivity index (χ0n) is 12.0. The molecule has 1 aliphatic heterocycles. The molecule has 1 fully saturated rings. The summed E-state index contributed by atoms with van der Waals surface area (Å²) >= 11 is 0. The maximum absolute atomic E-state index is 5.68. The Morgan fingerprint density at radius 3 is 2.35 bits per heavy atom. The Hall–Kier alpha value is -0.120. The molecule has 0 aliphatic carbocycles. The maximum atomic E-state index is 5.68. The van der Waals surface area contributed by atoms with Gasteiger partial charge in [-0.05, 0) is 39.2 Å². The Labute approximate surface area is 107 Å². The summed E-state index contributed by atoms with van der Waals surface area (Å²) in [6, 6.07) is 0.649. The average Bonchev–Trinajstić information content (AvgIpc) is 2.30. The molecule has 0 aromatic carbocycles. The van der Waals surface area contributed by atoms with Crippen LogP contribution >= 0.6 is 0 Å². The Morgan fingerprint density at radius 2 is 1.82 bits per heavy atom. The Balaban J connectivity index is 2.14. The lowest BCUT2D eigenvalue weighted by Gasteiger charge is -2.36. The van der Waals surface area contributed by atoms with Crippen molar-refractivity contribution in [3.05, 3.63) is 0 Å². The number of piperidine rings is 1. The van der Waals surface area contributed by atoms with Crippen molar-refractivity contribution in [3.8, 4) is 0 Å². The summed E-state index contributed by atoms with van der Waals surface area (Å²) in [5.41, 5.74) is 0. The molecule has 3 nitrogen and oxygen atoms in total. The summed E-state index contributed by atoms with van der Waals surface area (Å²) in [7, 11) is 0. The van der Waals surface area contributed by atoms with Crippen molar-refractivity contribution in [1.29, 1.82) is 0 Å². The van der Waals surface area contributed by atoms with Crippen LogP contribution in [-0.4, -0.2) is 49.8 Å². The third-order valence-electron chi connectivity index (χ3n) is 3.49. The topological polar surface area (TPSA) is 24.5 Å². The molecule has 0 spiro atoms. The van der Waals surface area contributed by atoms with E-state index in [1.807, 2.05) is 0 Å². The molecule has 1 saturated heterocycles. The van der Waals surface area contributed by atoms with Crippen molar-refractivity contribution in [2.24, 2.45) is 5.92 Å². The number of rotatable bonds is 7. The standard InChI is InChI=1S/C14H30N2O/c1-5-17-14-6-8-16(9-7-14)13(4)11-15-10-12(2)3/h12-15H,5-11H2,1-4H3. The molecule has 1 N–H and O–H groups in total. The van der Waals surface area contributed by atoms with Crippen LogP contribution in [0.1, 0.15) is 40.5 Å². The molecule has 17 heavy (non-hydrogen) atoms. The number of hydrogen-bond acceptors (Lipinski definition) is 3. The molecule has 0 radical (unpaired) electrons. The van der Waals surface area contributed by atoms with Crippen molar-refractivity contribution >= 4 is 0 Å². The number of hydrogen-bond donors (Lipinski definition) is 1. The zero-order chi connectivity index (χ0) is 12.7. The monoisotopic (exact) mass is 242 g/mol. The molecule has 0 saturated carbocycles. The van der Waals surface area contributed by atoms with Crippen molar-refractivity contribution in [2.45, 2.75) is 52.7 Å². The van der Waals surface area contributed by atoms with Crippen LogP contribution in [0, 0.1) is 5.92 Å². The smallest absolute Gasteiger partial charge is 0.0599 e. The second-order valence-electron chi connectivity index (χ2n) is 5.59. The van der Waals surface area contributed by atoms with Gasteiger partial charge in [0.2, 0.25) is 0 Å². The van der Waals surface area contributed by atoms with E-state index < -0.39 is 0 Å². The minimum atomic E-state index is 0.507. The van der Waals surface area contributed by atoms with Gasteiger partial charge in [0.1, 0.15) is 0 Å².